The Hall–Kier alpha value is -3.43. The molecule has 1 N–H and O–H groups in total. The van der Waals surface area contributed by atoms with E-state index in [1.807, 2.05) is 0 Å². The van der Waals surface area contributed by atoms with Crippen LogP contribution in [0.4, 0.5) is 5.69 Å². The Bertz CT molecular complexity index is 1070. The summed E-state index contributed by atoms with van der Waals surface area (Å²) in [7, 11) is 0. The number of anilines is 1. The van der Waals surface area contributed by atoms with Gasteiger partial charge in [0.2, 0.25) is 0 Å². The van der Waals surface area contributed by atoms with Crippen LogP contribution in [-0.2, 0) is 9.53 Å². The first-order chi connectivity index (χ1) is 15.1. The summed E-state index contributed by atoms with van der Waals surface area (Å²) in [6, 6.07) is 11.9. The molecule has 0 aliphatic carbocycles. The van der Waals surface area contributed by atoms with Gasteiger partial charge in [0.25, 0.3) is 11.8 Å². The highest BCUT2D eigenvalue weighted by Crippen LogP contribution is 2.26. The lowest BCUT2D eigenvalue weighted by molar-refractivity contribution is -0.118. The molecule has 2 amide bonds. The van der Waals surface area contributed by atoms with Crippen molar-refractivity contribution in [2.75, 3.05) is 38.2 Å². The summed E-state index contributed by atoms with van der Waals surface area (Å²) < 4.78 is 12.6. The maximum atomic E-state index is 12.6. The van der Waals surface area contributed by atoms with Crippen molar-refractivity contribution < 1.29 is 19.1 Å². The van der Waals surface area contributed by atoms with Crippen LogP contribution < -0.4 is 10.1 Å². The number of halogens is 1. The minimum atomic E-state index is -0.361. The number of nitrogens with zero attached hydrogens (tertiary/aromatic N) is 4. The monoisotopic (exact) mass is 441 g/mol. The number of ether oxygens (including phenoxy) is 2. The Morgan fingerprint density at radius 1 is 1.10 bits per heavy atom. The van der Waals surface area contributed by atoms with Gasteiger partial charge in [-0.05, 0) is 36.4 Å². The average molecular weight is 442 g/mol. The summed E-state index contributed by atoms with van der Waals surface area (Å²) >= 11 is 6.07. The van der Waals surface area contributed by atoms with Crippen molar-refractivity contribution >= 4 is 29.1 Å². The number of hydrogen-bond acceptors (Lipinski definition) is 6. The zero-order chi connectivity index (χ0) is 21.6. The fraction of sp³-hybridized carbons (Fsp3) is 0.238. The summed E-state index contributed by atoms with van der Waals surface area (Å²) in [5.41, 5.74) is 1.64. The molecule has 0 unspecified atom stereocenters. The molecule has 0 saturated carbocycles. The number of nitrogens with one attached hydrogen (secondary N) is 1. The third-order valence-corrected chi connectivity index (χ3v) is 4.90. The highest BCUT2D eigenvalue weighted by molar-refractivity contribution is 6.30. The van der Waals surface area contributed by atoms with Crippen LogP contribution in [0, 0.1) is 0 Å². The summed E-state index contributed by atoms with van der Waals surface area (Å²) in [6.07, 6.45) is 3.02. The second-order valence-electron chi connectivity index (χ2n) is 6.80. The number of benzene rings is 2. The van der Waals surface area contributed by atoms with Gasteiger partial charge in [-0.3, -0.25) is 14.2 Å². The SMILES string of the molecule is O=C(COc1ccc(Cl)cc1-n1cnnc1)Nc1cccc(C(=O)N2CCOCC2)c1. The summed E-state index contributed by atoms with van der Waals surface area (Å²) in [4.78, 5) is 26.8. The smallest absolute Gasteiger partial charge is 0.262 e. The van der Waals surface area contributed by atoms with E-state index >= 15 is 0 Å². The van der Waals surface area contributed by atoms with E-state index in [9.17, 15) is 9.59 Å². The normalized spacial score (nSPS) is 13.6. The molecule has 10 heteroatoms. The highest BCUT2D eigenvalue weighted by Gasteiger charge is 2.19. The van der Waals surface area contributed by atoms with Crippen LogP contribution >= 0.6 is 11.6 Å². The highest BCUT2D eigenvalue weighted by atomic mass is 35.5. The second kappa shape index (κ2) is 9.59. The number of hydrogen-bond donors (Lipinski definition) is 1. The van der Waals surface area contributed by atoms with Gasteiger partial charge in [0.05, 0.1) is 18.9 Å². The molecule has 160 valence electrons. The summed E-state index contributed by atoms with van der Waals surface area (Å²) in [6.45, 7) is 1.94. The first-order valence-electron chi connectivity index (χ1n) is 9.64. The Balaban J connectivity index is 1.39. The molecule has 1 aliphatic heterocycles. The first kappa shape index (κ1) is 20.8. The fourth-order valence-corrected chi connectivity index (χ4v) is 3.33. The van der Waals surface area contributed by atoms with Gasteiger partial charge >= 0.3 is 0 Å². The standard InChI is InChI=1S/C21H20ClN5O4/c22-16-4-5-19(18(11-16)27-13-23-24-14-27)31-12-20(28)25-17-3-1-2-15(10-17)21(29)26-6-8-30-9-7-26/h1-5,10-11,13-14H,6-9,12H2,(H,25,28). The Labute approximate surface area is 183 Å². The van der Waals surface area contributed by atoms with Gasteiger partial charge in [-0.15, -0.1) is 10.2 Å². The lowest BCUT2D eigenvalue weighted by Crippen LogP contribution is -2.40. The van der Waals surface area contributed by atoms with E-state index < -0.39 is 0 Å². The van der Waals surface area contributed by atoms with E-state index in [1.165, 1.54) is 12.7 Å². The fourth-order valence-electron chi connectivity index (χ4n) is 3.16. The summed E-state index contributed by atoms with van der Waals surface area (Å²) in [5, 5.41) is 10.8. The van der Waals surface area contributed by atoms with Crippen LogP contribution in [0.2, 0.25) is 5.02 Å². The molecule has 4 rings (SSSR count). The maximum Gasteiger partial charge on any atom is 0.262 e. The zero-order valence-electron chi connectivity index (χ0n) is 16.5. The van der Waals surface area contributed by atoms with Crippen LogP contribution in [0.5, 0.6) is 5.75 Å². The van der Waals surface area contributed by atoms with Crippen molar-refractivity contribution in [1.29, 1.82) is 0 Å². The quantitative estimate of drug-likeness (QED) is 0.630. The number of carbonyl (C=O) groups excluding carboxylic acids is 2. The second-order valence-corrected chi connectivity index (χ2v) is 7.24. The predicted molar refractivity (Wildman–Crippen MR) is 114 cm³/mol. The topological polar surface area (TPSA) is 98.6 Å². The molecule has 1 saturated heterocycles. The molecular weight excluding hydrogens is 422 g/mol. The minimum absolute atomic E-state index is 0.0876. The minimum Gasteiger partial charge on any atom is -0.482 e. The van der Waals surface area contributed by atoms with Gasteiger partial charge in [0, 0.05) is 29.4 Å². The average Bonchev–Trinajstić information content (AvgIpc) is 3.33. The molecule has 2 aromatic carbocycles. The maximum absolute atomic E-state index is 12.6. The third kappa shape index (κ3) is 5.19. The molecular formula is C21H20ClN5O4. The van der Waals surface area contributed by atoms with E-state index in [0.29, 0.717) is 54.0 Å². The zero-order valence-corrected chi connectivity index (χ0v) is 17.3. The number of carbonyl (C=O) groups is 2. The summed E-state index contributed by atoms with van der Waals surface area (Å²) in [5.74, 6) is 0.00613. The van der Waals surface area contributed by atoms with Crippen molar-refractivity contribution in [3.8, 4) is 11.4 Å². The van der Waals surface area contributed by atoms with Gasteiger partial charge in [-0.1, -0.05) is 17.7 Å². The number of rotatable bonds is 6. The lowest BCUT2D eigenvalue weighted by Gasteiger charge is -2.27. The molecule has 0 bridgehead atoms. The van der Waals surface area contributed by atoms with Gasteiger partial charge in [0.15, 0.2) is 6.61 Å². The first-order valence-corrected chi connectivity index (χ1v) is 10.0. The van der Waals surface area contributed by atoms with Crippen molar-refractivity contribution in [2.45, 2.75) is 0 Å². The number of morpholine rings is 1. The molecule has 1 aromatic heterocycles. The Morgan fingerprint density at radius 2 is 1.87 bits per heavy atom. The van der Waals surface area contributed by atoms with Crippen LogP contribution in [-0.4, -0.2) is 64.4 Å². The van der Waals surface area contributed by atoms with Gasteiger partial charge < -0.3 is 19.7 Å². The van der Waals surface area contributed by atoms with Crippen LogP contribution in [0.1, 0.15) is 10.4 Å². The molecule has 0 spiro atoms. The van der Waals surface area contributed by atoms with Crippen molar-refractivity contribution in [3.63, 3.8) is 0 Å². The van der Waals surface area contributed by atoms with Gasteiger partial charge in [-0.25, -0.2) is 0 Å². The van der Waals surface area contributed by atoms with E-state index in [4.69, 9.17) is 21.1 Å². The van der Waals surface area contributed by atoms with E-state index in [0.717, 1.165) is 0 Å². The van der Waals surface area contributed by atoms with Crippen LogP contribution in [0.15, 0.2) is 55.1 Å². The van der Waals surface area contributed by atoms with Gasteiger partial charge in [0.1, 0.15) is 18.4 Å². The van der Waals surface area contributed by atoms with Crippen molar-refractivity contribution in [1.82, 2.24) is 19.7 Å². The molecule has 2 heterocycles. The molecule has 31 heavy (non-hydrogen) atoms. The third-order valence-electron chi connectivity index (χ3n) is 4.67. The molecule has 1 fully saturated rings. The van der Waals surface area contributed by atoms with Crippen molar-refractivity contribution in [3.05, 3.63) is 65.7 Å². The largest absolute Gasteiger partial charge is 0.482 e. The van der Waals surface area contributed by atoms with Gasteiger partial charge in [-0.2, -0.15) is 0 Å². The molecule has 0 radical (unpaired) electrons. The lowest BCUT2D eigenvalue weighted by atomic mass is 10.1. The van der Waals surface area contributed by atoms with E-state index in [-0.39, 0.29) is 18.4 Å². The molecule has 3 aromatic rings. The van der Waals surface area contributed by atoms with Crippen molar-refractivity contribution in [2.24, 2.45) is 0 Å². The molecule has 1 aliphatic rings. The Morgan fingerprint density at radius 3 is 2.65 bits per heavy atom. The predicted octanol–water partition coefficient (Wildman–Crippen LogP) is 2.41. The Kier molecular flexibility index (Phi) is 6.44. The van der Waals surface area contributed by atoms with E-state index in [1.54, 1.807) is 51.9 Å². The number of amides is 2. The molecule has 9 nitrogen and oxygen atoms in total. The van der Waals surface area contributed by atoms with Crippen LogP contribution in [0.25, 0.3) is 5.69 Å². The number of aromatic nitrogens is 3. The van der Waals surface area contributed by atoms with E-state index in [2.05, 4.69) is 15.5 Å². The van der Waals surface area contributed by atoms with Crippen LogP contribution in [0.3, 0.4) is 0 Å². The molecule has 0 atom stereocenters.